The number of nitrogens with one attached hydrogen (secondary N) is 2. The highest BCUT2D eigenvalue weighted by Gasteiger charge is 2.15. The lowest BCUT2D eigenvalue weighted by Crippen LogP contribution is -2.33. The summed E-state index contributed by atoms with van der Waals surface area (Å²) in [5.74, 6) is 0. The van der Waals surface area contributed by atoms with Gasteiger partial charge in [0.05, 0.1) is 5.69 Å². The number of hydrogen-bond acceptors (Lipinski definition) is 2. The fraction of sp³-hybridized carbons (Fsp3) is 0.111. The van der Waals surface area contributed by atoms with Crippen LogP contribution in [0.3, 0.4) is 0 Å². The van der Waals surface area contributed by atoms with Crippen LogP contribution < -0.4 is 10.6 Å². The third-order valence-corrected chi connectivity index (χ3v) is 1.99. The fourth-order valence-electron chi connectivity index (χ4n) is 1.35. The van der Waals surface area contributed by atoms with E-state index in [0.717, 1.165) is 11.8 Å². The van der Waals surface area contributed by atoms with Crippen molar-refractivity contribution in [2.24, 2.45) is 0 Å². The molecular weight excluding hydrogens is 168 g/mol. The van der Waals surface area contributed by atoms with Gasteiger partial charge in [-0.1, -0.05) is 12.1 Å². The highest BCUT2D eigenvalue weighted by molar-refractivity contribution is 5.98. The second kappa shape index (κ2) is 2.90. The molecule has 2 rings (SSSR count). The molecular formula is C9H8N2O2. The maximum Gasteiger partial charge on any atom is 0.319 e. The van der Waals surface area contributed by atoms with Gasteiger partial charge in [0.2, 0.25) is 0 Å². The number of aldehydes is 1. The molecule has 4 heteroatoms. The van der Waals surface area contributed by atoms with Crippen molar-refractivity contribution < 1.29 is 9.59 Å². The smallest absolute Gasteiger partial charge is 0.319 e. The number of amides is 2. The van der Waals surface area contributed by atoms with Crippen LogP contribution in [0.4, 0.5) is 10.5 Å². The molecule has 0 unspecified atom stereocenters. The van der Waals surface area contributed by atoms with Crippen LogP contribution in [0.5, 0.6) is 0 Å². The minimum absolute atomic E-state index is 0.262. The van der Waals surface area contributed by atoms with E-state index in [4.69, 9.17) is 0 Å². The van der Waals surface area contributed by atoms with E-state index >= 15 is 0 Å². The number of anilines is 1. The van der Waals surface area contributed by atoms with Crippen molar-refractivity contribution in [3.8, 4) is 0 Å². The zero-order valence-corrected chi connectivity index (χ0v) is 6.83. The van der Waals surface area contributed by atoms with E-state index in [1.807, 2.05) is 6.07 Å². The summed E-state index contributed by atoms with van der Waals surface area (Å²) in [6, 6.07) is 5.08. The number of carbonyl (C=O) groups is 2. The molecule has 1 aromatic carbocycles. The van der Waals surface area contributed by atoms with E-state index < -0.39 is 0 Å². The Kier molecular flexibility index (Phi) is 1.73. The molecule has 0 saturated heterocycles. The summed E-state index contributed by atoms with van der Waals surface area (Å²) < 4.78 is 0. The molecule has 0 fully saturated rings. The van der Waals surface area contributed by atoms with E-state index in [1.54, 1.807) is 12.1 Å². The van der Waals surface area contributed by atoms with Crippen LogP contribution >= 0.6 is 0 Å². The predicted octanol–water partition coefficient (Wildman–Crippen LogP) is 1.13. The third kappa shape index (κ3) is 1.26. The van der Waals surface area contributed by atoms with Crippen molar-refractivity contribution in [3.63, 3.8) is 0 Å². The first-order valence-electron chi connectivity index (χ1n) is 3.93. The van der Waals surface area contributed by atoms with Crippen molar-refractivity contribution in [1.29, 1.82) is 0 Å². The lowest BCUT2D eigenvalue weighted by molar-refractivity contribution is 0.112. The topological polar surface area (TPSA) is 58.2 Å². The van der Waals surface area contributed by atoms with E-state index in [-0.39, 0.29) is 6.03 Å². The molecule has 0 saturated carbocycles. The molecule has 0 aromatic heterocycles. The Bertz CT molecular complexity index is 374. The highest BCUT2D eigenvalue weighted by atomic mass is 16.2. The minimum Gasteiger partial charge on any atom is -0.334 e. The molecule has 0 spiro atoms. The number of para-hydroxylation sites is 1. The molecule has 2 amide bonds. The molecule has 0 bridgehead atoms. The Hall–Kier alpha value is -1.84. The summed E-state index contributed by atoms with van der Waals surface area (Å²) >= 11 is 0. The molecule has 1 aliphatic rings. The SMILES string of the molecule is O=Cc1cccc2c1NC(=O)NC2. The normalized spacial score (nSPS) is 14.0. The average molecular weight is 176 g/mol. The molecule has 0 aliphatic carbocycles. The van der Waals surface area contributed by atoms with Crippen LogP contribution in [0.25, 0.3) is 0 Å². The van der Waals surface area contributed by atoms with Crippen LogP contribution in [0.1, 0.15) is 15.9 Å². The van der Waals surface area contributed by atoms with Gasteiger partial charge in [-0.3, -0.25) is 4.79 Å². The standard InChI is InChI=1S/C9H8N2O2/c12-5-7-3-1-2-6-4-10-9(13)11-8(6)7/h1-3,5H,4H2,(H2,10,11,13). The zero-order chi connectivity index (χ0) is 9.26. The number of fused-ring (bicyclic) bond motifs is 1. The van der Waals surface area contributed by atoms with Crippen LogP contribution in [0, 0.1) is 0 Å². The van der Waals surface area contributed by atoms with Gasteiger partial charge in [-0.05, 0) is 11.6 Å². The molecule has 0 radical (unpaired) electrons. The van der Waals surface area contributed by atoms with Crippen molar-refractivity contribution >= 4 is 18.0 Å². The number of benzene rings is 1. The quantitative estimate of drug-likeness (QED) is 0.630. The van der Waals surface area contributed by atoms with Gasteiger partial charge >= 0.3 is 6.03 Å². The molecule has 4 nitrogen and oxygen atoms in total. The number of hydrogen-bond donors (Lipinski definition) is 2. The summed E-state index contributed by atoms with van der Waals surface area (Å²) in [6.45, 7) is 0.475. The molecule has 0 atom stereocenters. The van der Waals surface area contributed by atoms with Gasteiger partial charge in [-0.15, -0.1) is 0 Å². The average Bonchev–Trinajstić information content (AvgIpc) is 2.17. The Morgan fingerprint density at radius 3 is 3.00 bits per heavy atom. The lowest BCUT2D eigenvalue weighted by Gasteiger charge is -2.19. The molecule has 1 aliphatic heterocycles. The third-order valence-electron chi connectivity index (χ3n) is 1.99. The van der Waals surface area contributed by atoms with Gasteiger partial charge in [0.25, 0.3) is 0 Å². The number of urea groups is 1. The van der Waals surface area contributed by atoms with Gasteiger partial charge < -0.3 is 10.6 Å². The second-order valence-electron chi connectivity index (χ2n) is 2.81. The van der Waals surface area contributed by atoms with Crippen molar-refractivity contribution in [2.75, 3.05) is 5.32 Å². The lowest BCUT2D eigenvalue weighted by atomic mass is 10.1. The molecule has 66 valence electrons. The molecule has 1 heterocycles. The molecule has 13 heavy (non-hydrogen) atoms. The van der Waals surface area contributed by atoms with E-state index in [1.165, 1.54) is 0 Å². The maximum atomic E-state index is 11.0. The van der Waals surface area contributed by atoms with Crippen molar-refractivity contribution in [3.05, 3.63) is 29.3 Å². The Labute approximate surface area is 74.9 Å². The second-order valence-corrected chi connectivity index (χ2v) is 2.81. The highest BCUT2D eigenvalue weighted by Crippen LogP contribution is 2.22. The van der Waals surface area contributed by atoms with Gasteiger partial charge in [0.1, 0.15) is 0 Å². The van der Waals surface area contributed by atoms with E-state index in [9.17, 15) is 9.59 Å². The summed E-state index contributed by atoms with van der Waals surface area (Å²) in [4.78, 5) is 21.6. The van der Waals surface area contributed by atoms with Crippen LogP contribution in [-0.2, 0) is 6.54 Å². The summed E-state index contributed by atoms with van der Waals surface area (Å²) in [7, 11) is 0. The number of rotatable bonds is 1. The van der Waals surface area contributed by atoms with Gasteiger partial charge in [0, 0.05) is 12.1 Å². The van der Waals surface area contributed by atoms with Crippen LogP contribution in [-0.4, -0.2) is 12.3 Å². The van der Waals surface area contributed by atoms with Gasteiger partial charge in [-0.2, -0.15) is 0 Å². The predicted molar refractivity (Wildman–Crippen MR) is 47.7 cm³/mol. The van der Waals surface area contributed by atoms with Crippen LogP contribution in [0.15, 0.2) is 18.2 Å². The van der Waals surface area contributed by atoms with E-state index in [2.05, 4.69) is 10.6 Å². The molecule has 2 N–H and O–H groups in total. The Morgan fingerprint density at radius 1 is 1.38 bits per heavy atom. The summed E-state index contributed by atoms with van der Waals surface area (Å²) in [5.41, 5.74) is 2.08. The first kappa shape index (κ1) is 7.79. The summed E-state index contributed by atoms with van der Waals surface area (Å²) in [6.07, 6.45) is 0.741. The Balaban J connectivity index is 2.52. The fourth-order valence-corrected chi connectivity index (χ4v) is 1.35. The molecule has 1 aromatic rings. The van der Waals surface area contributed by atoms with Crippen LogP contribution in [0.2, 0.25) is 0 Å². The first-order chi connectivity index (χ1) is 6.31. The van der Waals surface area contributed by atoms with Gasteiger partial charge in [-0.25, -0.2) is 4.79 Å². The Morgan fingerprint density at radius 2 is 2.23 bits per heavy atom. The minimum atomic E-state index is -0.262. The largest absolute Gasteiger partial charge is 0.334 e. The van der Waals surface area contributed by atoms with Crippen molar-refractivity contribution in [1.82, 2.24) is 5.32 Å². The van der Waals surface area contributed by atoms with Crippen molar-refractivity contribution in [2.45, 2.75) is 6.54 Å². The monoisotopic (exact) mass is 176 g/mol. The first-order valence-corrected chi connectivity index (χ1v) is 3.93. The van der Waals surface area contributed by atoms with E-state index in [0.29, 0.717) is 17.8 Å². The summed E-state index contributed by atoms with van der Waals surface area (Å²) in [5, 5.41) is 5.22. The zero-order valence-electron chi connectivity index (χ0n) is 6.83. The number of carbonyl (C=O) groups excluding carboxylic acids is 2. The van der Waals surface area contributed by atoms with Gasteiger partial charge in [0.15, 0.2) is 6.29 Å². The maximum absolute atomic E-state index is 11.0.